The van der Waals surface area contributed by atoms with E-state index in [0.29, 0.717) is 12.1 Å². The maximum absolute atomic E-state index is 13.1. The maximum Gasteiger partial charge on any atom is 0.320 e. The van der Waals surface area contributed by atoms with Gasteiger partial charge >= 0.3 is 6.03 Å². The summed E-state index contributed by atoms with van der Waals surface area (Å²) in [5.41, 5.74) is 1.23. The number of hydrogen-bond acceptors (Lipinski definition) is 5. The Bertz CT molecular complexity index is 701. The largest absolute Gasteiger partial charge is 0.340 e. The molecule has 0 radical (unpaired) electrons. The molecule has 26 heavy (non-hydrogen) atoms. The molecule has 2 unspecified atom stereocenters. The standard InChI is InChI=1S/C19H29N5OS/c1-19(2)7-3-8-23(19)18(25)22-9-6-15-16(12-22)26-17(21-15)24-13-4-5-14(24)11-20-10-13/h13-14,20H,3-12H2,1-2H3. The topological polar surface area (TPSA) is 51.7 Å². The van der Waals surface area contributed by atoms with Gasteiger partial charge in [-0.3, -0.25) is 0 Å². The molecule has 0 aliphatic carbocycles. The van der Waals surface area contributed by atoms with E-state index in [4.69, 9.17) is 4.98 Å². The van der Waals surface area contributed by atoms with Crippen molar-refractivity contribution in [3.63, 3.8) is 0 Å². The molecule has 5 rings (SSSR count). The zero-order valence-corrected chi connectivity index (χ0v) is 16.6. The first-order valence-electron chi connectivity index (χ1n) is 10.1. The van der Waals surface area contributed by atoms with Gasteiger partial charge in [0.15, 0.2) is 5.13 Å². The average molecular weight is 376 g/mol. The lowest BCUT2D eigenvalue weighted by atomic mass is 10.0. The molecule has 1 aromatic rings. The summed E-state index contributed by atoms with van der Waals surface area (Å²) in [6, 6.07) is 1.42. The number of piperazine rings is 1. The number of likely N-dealkylation sites (tertiary alicyclic amines) is 1. The van der Waals surface area contributed by atoms with Crippen LogP contribution >= 0.6 is 11.3 Å². The molecule has 0 saturated carbocycles. The minimum atomic E-state index is -0.00375. The lowest BCUT2D eigenvalue weighted by molar-refractivity contribution is 0.121. The Labute approximate surface area is 159 Å². The molecule has 1 N–H and O–H groups in total. The van der Waals surface area contributed by atoms with Crippen LogP contribution < -0.4 is 10.2 Å². The fourth-order valence-electron chi connectivity index (χ4n) is 5.18. The van der Waals surface area contributed by atoms with Crippen molar-refractivity contribution in [3.8, 4) is 0 Å². The summed E-state index contributed by atoms with van der Waals surface area (Å²) >= 11 is 1.83. The third-order valence-electron chi connectivity index (χ3n) is 6.72. The number of nitrogens with one attached hydrogen (secondary N) is 1. The molecule has 2 atom stereocenters. The number of carbonyl (C=O) groups is 1. The van der Waals surface area contributed by atoms with E-state index in [1.807, 2.05) is 16.2 Å². The van der Waals surface area contributed by atoms with Crippen LogP contribution in [0.15, 0.2) is 0 Å². The quantitative estimate of drug-likeness (QED) is 0.819. The van der Waals surface area contributed by atoms with Gasteiger partial charge in [-0.25, -0.2) is 9.78 Å². The Kier molecular flexibility index (Phi) is 3.94. The number of urea groups is 1. The molecule has 2 amide bonds. The maximum atomic E-state index is 13.1. The van der Waals surface area contributed by atoms with Crippen LogP contribution in [0.25, 0.3) is 0 Å². The Morgan fingerprint density at radius 1 is 1.23 bits per heavy atom. The molecule has 4 aliphatic heterocycles. The number of nitrogens with zero attached hydrogens (tertiary/aromatic N) is 4. The highest BCUT2D eigenvalue weighted by Crippen LogP contribution is 2.38. The van der Waals surface area contributed by atoms with Gasteiger partial charge in [-0.2, -0.15) is 0 Å². The van der Waals surface area contributed by atoms with E-state index in [9.17, 15) is 4.79 Å². The normalized spacial score (nSPS) is 30.0. The lowest BCUT2D eigenvalue weighted by Crippen LogP contribution is -2.51. The average Bonchev–Trinajstić information content (AvgIpc) is 3.26. The van der Waals surface area contributed by atoms with Gasteiger partial charge in [-0.1, -0.05) is 11.3 Å². The summed E-state index contributed by atoms with van der Waals surface area (Å²) in [4.78, 5) is 26.1. The van der Waals surface area contributed by atoms with E-state index >= 15 is 0 Å². The second kappa shape index (κ2) is 6.09. The predicted molar refractivity (Wildman–Crippen MR) is 104 cm³/mol. The highest BCUT2D eigenvalue weighted by Gasteiger charge is 2.41. The van der Waals surface area contributed by atoms with Gasteiger partial charge in [-0.15, -0.1) is 0 Å². The fourth-order valence-corrected chi connectivity index (χ4v) is 6.44. The molecule has 7 heteroatoms. The second-order valence-electron chi connectivity index (χ2n) is 8.84. The number of anilines is 1. The molecule has 3 saturated heterocycles. The van der Waals surface area contributed by atoms with Crippen LogP contribution in [0.1, 0.15) is 50.1 Å². The zero-order chi connectivity index (χ0) is 17.9. The Hall–Kier alpha value is -1.34. The number of rotatable bonds is 1. The first kappa shape index (κ1) is 16.8. The van der Waals surface area contributed by atoms with Crippen LogP contribution in [-0.4, -0.2) is 64.6 Å². The molecule has 0 spiro atoms. The van der Waals surface area contributed by atoms with E-state index in [0.717, 1.165) is 52.0 Å². The van der Waals surface area contributed by atoms with E-state index in [-0.39, 0.29) is 11.6 Å². The van der Waals surface area contributed by atoms with Crippen molar-refractivity contribution < 1.29 is 4.79 Å². The van der Waals surface area contributed by atoms with Crippen molar-refractivity contribution in [1.82, 2.24) is 20.1 Å². The molecule has 5 heterocycles. The van der Waals surface area contributed by atoms with Crippen LogP contribution in [-0.2, 0) is 13.0 Å². The molecule has 142 valence electrons. The van der Waals surface area contributed by atoms with E-state index < -0.39 is 0 Å². The Balaban J connectivity index is 1.34. The Morgan fingerprint density at radius 3 is 2.69 bits per heavy atom. The van der Waals surface area contributed by atoms with Crippen LogP contribution in [0.4, 0.5) is 9.93 Å². The summed E-state index contributed by atoms with van der Waals surface area (Å²) in [5, 5.41) is 4.74. The third-order valence-corrected chi connectivity index (χ3v) is 7.82. The molecule has 6 nitrogen and oxygen atoms in total. The first-order chi connectivity index (χ1) is 12.5. The van der Waals surface area contributed by atoms with Gasteiger partial charge in [0.1, 0.15) is 0 Å². The summed E-state index contributed by atoms with van der Waals surface area (Å²) in [5.74, 6) is 0. The van der Waals surface area contributed by atoms with Crippen molar-refractivity contribution in [2.75, 3.05) is 31.1 Å². The minimum Gasteiger partial charge on any atom is -0.340 e. The number of fused-ring (bicyclic) bond motifs is 3. The smallest absolute Gasteiger partial charge is 0.320 e. The highest BCUT2D eigenvalue weighted by atomic mass is 32.1. The van der Waals surface area contributed by atoms with Crippen molar-refractivity contribution >= 4 is 22.5 Å². The molecule has 4 aliphatic rings. The summed E-state index contributed by atoms with van der Waals surface area (Å²) < 4.78 is 0. The molecule has 0 aromatic carbocycles. The second-order valence-corrected chi connectivity index (χ2v) is 9.90. The van der Waals surface area contributed by atoms with Crippen LogP contribution in [0, 0.1) is 0 Å². The van der Waals surface area contributed by atoms with Gasteiger partial charge in [-0.05, 0) is 39.5 Å². The lowest BCUT2D eigenvalue weighted by Gasteiger charge is -2.37. The molecule has 2 bridgehead atoms. The van der Waals surface area contributed by atoms with Crippen molar-refractivity contribution in [1.29, 1.82) is 0 Å². The zero-order valence-electron chi connectivity index (χ0n) is 15.8. The molecule has 1 aromatic heterocycles. The van der Waals surface area contributed by atoms with Gasteiger partial charge in [0, 0.05) is 55.1 Å². The molecular formula is C19H29N5OS. The van der Waals surface area contributed by atoms with Gasteiger partial charge in [0.2, 0.25) is 0 Å². The van der Waals surface area contributed by atoms with E-state index in [2.05, 4.69) is 29.0 Å². The van der Waals surface area contributed by atoms with Gasteiger partial charge in [0.25, 0.3) is 0 Å². The van der Waals surface area contributed by atoms with E-state index in [1.54, 1.807) is 0 Å². The first-order valence-corrected chi connectivity index (χ1v) is 10.9. The highest BCUT2D eigenvalue weighted by molar-refractivity contribution is 7.15. The number of hydrogen-bond donors (Lipinski definition) is 1. The third kappa shape index (κ3) is 2.62. The fraction of sp³-hybridized carbons (Fsp3) is 0.789. The van der Waals surface area contributed by atoms with Crippen LogP contribution in [0.5, 0.6) is 0 Å². The van der Waals surface area contributed by atoms with Crippen molar-refractivity contribution in [3.05, 3.63) is 10.6 Å². The SMILES string of the molecule is CC1(C)CCCN1C(=O)N1CCc2nc(N3C4CCC3CNC4)sc2C1. The van der Waals surface area contributed by atoms with Gasteiger partial charge < -0.3 is 20.0 Å². The number of amides is 2. The van der Waals surface area contributed by atoms with Crippen LogP contribution in [0.3, 0.4) is 0 Å². The van der Waals surface area contributed by atoms with Gasteiger partial charge in [0.05, 0.1) is 12.2 Å². The van der Waals surface area contributed by atoms with Crippen molar-refractivity contribution in [2.45, 2.75) is 70.1 Å². The number of carbonyl (C=O) groups excluding carboxylic acids is 1. The van der Waals surface area contributed by atoms with Crippen molar-refractivity contribution in [2.24, 2.45) is 0 Å². The minimum absolute atomic E-state index is 0.00375. The number of thiazole rings is 1. The summed E-state index contributed by atoms with van der Waals surface area (Å²) in [6.45, 7) is 8.98. The summed E-state index contributed by atoms with van der Waals surface area (Å²) in [7, 11) is 0. The van der Waals surface area contributed by atoms with E-state index in [1.165, 1.54) is 28.5 Å². The summed E-state index contributed by atoms with van der Waals surface area (Å²) in [6.07, 6.45) is 5.67. The van der Waals surface area contributed by atoms with Crippen LogP contribution in [0.2, 0.25) is 0 Å². The monoisotopic (exact) mass is 375 g/mol. The predicted octanol–water partition coefficient (Wildman–Crippen LogP) is 2.44. The number of aromatic nitrogens is 1. The molecule has 3 fully saturated rings. The molecular weight excluding hydrogens is 346 g/mol. The Morgan fingerprint density at radius 2 is 2.00 bits per heavy atom.